The molecule has 16 heavy (non-hydrogen) atoms. The third kappa shape index (κ3) is 3.52. The smallest absolute Gasteiger partial charge is 0.416 e. The number of halogens is 4. The Labute approximate surface area is 98.2 Å². The molecule has 0 fully saturated rings. The molecule has 0 radical (unpaired) electrons. The predicted molar refractivity (Wildman–Crippen MR) is 55.4 cm³/mol. The fourth-order valence-corrected chi connectivity index (χ4v) is 1.60. The van der Waals surface area contributed by atoms with E-state index in [0.29, 0.717) is 5.56 Å². The molecule has 0 heterocycles. The first-order valence-corrected chi connectivity index (χ1v) is 5.43. The predicted octanol–water partition coefficient (Wildman–Crippen LogP) is 3.23. The van der Waals surface area contributed by atoms with Crippen molar-refractivity contribution in [3.63, 3.8) is 0 Å². The molecule has 0 saturated carbocycles. The van der Waals surface area contributed by atoms with Crippen molar-refractivity contribution in [2.75, 3.05) is 0 Å². The number of hydrogen-bond acceptors (Lipinski definition) is 1. The third-order valence-electron chi connectivity index (χ3n) is 1.89. The molecule has 1 rings (SSSR count). The molecule has 0 amide bonds. The second kappa shape index (κ2) is 4.86. The molecule has 0 spiro atoms. The lowest BCUT2D eigenvalue weighted by Gasteiger charge is -2.10. The quantitative estimate of drug-likeness (QED) is 0.870. The molecule has 1 aromatic carbocycles. The van der Waals surface area contributed by atoms with Gasteiger partial charge in [-0.25, -0.2) is 0 Å². The Morgan fingerprint density at radius 3 is 2.25 bits per heavy atom. The highest BCUT2D eigenvalue weighted by atomic mass is 79.9. The van der Waals surface area contributed by atoms with Gasteiger partial charge in [-0.2, -0.15) is 13.2 Å². The van der Waals surface area contributed by atoms with Gasteiger partial charge in [-0.15, -0.1) is 0 Å². The van der Waals surface area contributed by atoms with E-state index in [9.17, 15) is 18.0 Å². The van der Waals surface area contributed by atoms with Crippen molar-refractivity contribution < 1.29 is 23.1 Å². The molecule has 0 aromatic heterocycles. The summed E-state index contributed by atoms with van der Waals surface area (Å²) in [6, 6.07) is 3.30. The third-order valence-corrected chi connectivity index (χ3v) is 2.54. The van der Waals surface area contributed by atoms with E-state index in [-0.39, 0.29) is 10.9 Å². The summed E-state index contributed by atoms with van der Waals surface area (Å²) in [5.74, 6) is -1.15. The van der Waals surface area contributed by atoms with Crippen LogP contribution >= 0.6 is 15.9 Å². The summed E-state index contributed by atoms with van der Waals surface area (Å²) < 4.78 is 37.4. The SMILES string of the molecule is O=C(O)Cc1cc(CBr)cc(C(F)(F)F)c1. The summed E-state index contributed by atoms with van der Waals surface area (Å²) in [6.07, 6.45) is -4.87. The van der Waals surface area contributed by atoms with Crippen molar-refractivity contribution >= 4 is 21.9 Å². The summed E-state index contributed by atoms with van der Waals surface area (Å²) in [6.45, 7) is 0. The van der Waals surface area contributed by atoms with Gasteiger partial charge in [0.05, 0.1) is 12.0 Å². The Kier molecular flexibility index (Phi) is 3.96. The molecule has 0 aliphatic rings. The summed E-state index contributed by atoms with van der Waals surface area (Å²) >= 11 is 3.04. The van der Waals surface area contributed by atoms with Crippen LogP contribution in [0.25, 0.3) is 0 Å². The molecule has 88 valence electrons. The van der Waals surface area contributed by atoms with Gasteiger partial charge in [0.15, 0.2) is 0 Å². The molecule has 0 bridgehead atoms. The van der Waals surface area contributed by atoms with Gasteiger partial charge in [0.2, 0.25) is 0 Å². The van der Waals surface area contributed by atoms with Crippen molar-refractivity contribution in [3.05, 3.63) is 34.9 Å². The van der Waals surface area contributed by atoms with E-state index in [2.05, 4.69) is 15.9 Å². The number of aliphatic carboxylic acids is 1. The first-order chi connectivity index (χ1) is 7.32. The van der Waals surface area contributed by atoms with Crippen LogP contribution in [-0.4, -0.2) is 11.1 Å². The Balaban J connectivity index is 3.16. The normalized spacial score (nSPS) is 11.5. The zero-order chi connectivity index (χ0) is 12.3. The molecule has 2 nitrogen and oxygen atoms in total. The number of benzene rings is 1. The van der Waals surface area contributed by atoms with Crippen LogP contribution in [0.5, 0.6) is 0 Å². The van der Waals surface area contributed by atoms with E-state index in [0.717, 1.165) is 12.1 Å². The molecular formula is C10H8BrF3O2. The van der Waals surface area contributed by atoms with Crippen LogP contribution in [0.2, 0.25) is 0 Å². The summed E-state index contributed by atoms with van der Waals surface area (Å²) in [4.78, 5) is 10.4. The van der Waals surface area contributed by atoms with Crippen molar-refractivity contribution in [1.82, 2.24) is 0 Å². The Morgan fingerprint density at radius 2 is 1.81 bits per heavy atom. The molecular weight excluding hydrogens is 289 g/mol. The largest absolute Gasteiger partial charge is 0.481 e. The monoisotopic (exact) mass is 296 g/mol. The first kappa shape index (κ1) is 13.0. The minimum absolute atomic E-state index is 0.150. The number of alkyl halides is 4. The number of carboxylic acid groups (broad SMARTS) is 1. The van der Waals surface area contributed by atoms with E-state index in [4.69, 9.17) is 5.11 Å². The Hall–Kier alpha value is -1.04. The van der Waals surface area contributed by atoms with Gasteiger partial charge in [-0.1, -0.05) is 22.0 Å². The zero-order valence-corrected chi connectivity index (χ0v) is 9.60. The average Bonchev–Trinajstić information content (AvgIpc) is 2.14. The summed E-state index contributed by atoms with van der Waals surface area (Å²) in [5, 5.41) is 8.78. The second-order valence-corrected chi connectivity index (χ2v) is 3.80. The average molecular weight is 297 g/mol. The number of carbonyl (C=O) groups is 1. The van der Waals surface area contributed by atoms with Gasteiger partial charge in [0, 0.05) is 5.33 Å². The van der Waals surface area contributed by atoms with E-state index in [1.807, 2.05) is 0 Å². The lowest BCUT2D eigenvalue weighted by molar-refractivity contribution is -0.138. The van der Waals surface area contributed by atoms with Crippen LogP contribution in [0.15, 0.2) is 18.2 Å². The van der Waals surface area contributed by atoms with Crippen molar-refractivity contribution in [1.29, 1.82) is 0 Å². The van der Waals surface area contributed by atoms with Gasteiger partial charge >= 0.3 is 12.1 Å². The van der Waals surface area contributed by atoms with Crippen LogP contribution < -0.4 is 0 Å². The molecule has 0 atom stereocenters. The topological polar surface area (TPSA) is 37.3 Å². The van der Waals surface area contributed by atoms with Gasteiger partial charge in [0.25, 0.3) is 0 Å². The van der Waals surface area contributed by atoms with Crippen molar-refractivity contribution in [3.8, 4) is 0 Å². The van der Waals surface area contributed by atoms with Crippen LogP contribution in [0.4, 0.5) is 13.2 Å². The number of hydrogen-bond donors (Lipinski definition) is 1. The highest BCUT2D eigenvalue weighted by Gasteiger charge is 2.31. The Morgan fingerprint density at radius 1 is 1.25 bits per heavy atom. The van der Waals surface area contributed by atoms with Crippen molar-refractivity contribution in [2.24, 2.45) is 0 Å². The van der Waals surface area contributed by atoms with Crippen molar-refractivity contribution in [2.45, 2.75) is 17.9 Å². The zero-order valence-electron chi connectivity index (χ0n) is 8.01. The molecule has 0 unspecified atom stereocenters. The molecule has 6 heteroatoms. The molecule has 0 saturated heterocycles. The fraction of sp³-hybridized carbons (Fsp3) is 0.300. The Bertz CT molecular complexity index is 402. The van der Waals surface area contributed by atoms with Crippen LogP contribution in [0.1, 0.15) is 16.7 Å². The molecule has 0 aliphatic carbocycles. The van der Waals surface area contributed by atoms with Gasteiger partial charge < -0.3 is 5.11 Å². The lowest BCUT2D eigenvalue weighted by atomic mass is 10.0. The maximum atomic E-state index is 12.5. The highest BCUT2D eigenvalue weighted by Crippen LogP contribution is 2.31. The molecule has 1 N–H and O–H groups in total. The minimum Gasteiger partial charge on any atom is -0.481 e. The maximum Gasteiger partial charge on any atom is 0.416 e. The number of rotatable bonds is 3. The van der Waals surface area contributed by atoms with Crippen LogP contribution in [0, 0.1) is 0 Å². The second-order valence-electron chi connectivity index (χ2n) is 3.24. The standard InChI is InChI=1S/C10H8BrF3O2/c11-5-7-1-6(4-9(15)16)2-8(3-7)10(12,13)14/h1-3H,4-5H2,(H,15,16). The summed E-state index contributed by atoms with van der Waals surface area (Å²) in [5.41, 5.74) is -0.261. The van der Waals surface area contributed by atoms with E-state index in [1.165, 1.54) is 6.07 Å². The number of carboxylic acids is 1. The van der Waals surface area contributed by atoms with Crippen LogP contribution in [-0.2, 0) is 22.7 Å². The highest BCUT2D eigenvalue weighted by molar-refractivity contribution is 9.08. The van der Waals surface area contributed by atoms with Gasteiger partial charge in [0.1, 0.15) is 0 Å². The van der Waals surface area contributed by atoms with Crippen LogP contribution in [0.3, 0.4) is 0 Å². The van der Waals surface area contributed by atoms with Gasteiger partial charge in [-0.3, -0.25) is 4.79 Å². The van der Waals surface area contributed by atoms with E-state index in [1.54, 1.807) is 0 Å². The molecule has 1 aromatic rings. The lowest BCUT2D eigenvalue weighted by Crippen LogP contribution is -2.08. The van der Waals surface area contributed by atoms with Gasteiger partial charge in [-0.05, 0) is 23.3 Å². The summed E-state index contributed by atoms with van der Waals surface area (Å²) in [7, 11) is 0. The first-order valence-electron chi connectivity index (χ1n) is 4.30. The van der Waals surface area contributed by atoms with E-state index < -0.39 is 24.1 Å². The minimum atomic E-state index is -4.45. The maximum absolute atomic E-state index is 12.5. The fourth-order valence-electron chi connectivity index (χ4n) is 1.28. The van der Waals surface area contributed by atoms with E-state index >= 15 is 0 Å². The molecule has 0 aliphatic heterocycles.